The van der Waals surface area contributed by atoms with Crippen LogP contribution in [0.25, 0.3) is 56.2 Å². The van der Waals surface area contributed by atoms with E-state index in [1.54, 1.807) is 85.6 Å². The van der Waals surface area contributed by atoms with Crippen LogP contribution in [0.2, 0.25) is 20.1 Å². The smallest absolute Gasteiger partial charge is 0.354 e. The zero-order valence-electron chi connectivity index (χ0n) is 63.8. The maximum Gasteiger partial charge on any atom is 0.433 e. The highest BCUT2D eigenvalue weighted by Gasteiger charge is 2.35. The van der Waals surface area contributed by atoms with Crippen molar-refractivity contribution < 1.29 is 49.9 Å². The Balaban J connectivity index is 0.000000146. The lowest BCUT2D eigenvalue weighted by atomic mass is 10.1. The summed E-state index contributed by atoms with van der Waals surface area (Å²) < 4.78 is 89.7. The first-order valence-electron chi connectivity index (χ1n) is 37.0. The number of hydrogen-bond acceptors (Lipinski definition) is 16. The van der Waals surface area contributed by atoms with Crippen LogP contribution < -0.4 is 41.7 Å². The Kier molecular flexibility index (Phi) is 28.2. The summed E-state index contributed by atoms with van der Waals surface area (Å²) in [4.78, 5) is 87.9. The van der Waals surface area contributed by atoms with E-state index in [2.05, 4.69) is 95.4 Å². The van der Waals surface area contributed by atoms with E-state index in [-0.39, 0.29) is 34.3 Å². The van der Waals surface area contributed by atoms with Crippen LogP contribution in [0.15, 0.2) is 250 Å². The first-order chi connectivity index (χ1) is 57.1. The minimum atomic E-state index is -4.59. The second-order valence-electron chi connectivity index (χ2n) is 27.3. The predicted molar refractivity (Wildman–Crippen MR) is 452 cm³/mol. The fourth-order valence-electron chi connectivity index (χ4n) is 12.5. The number of aryl methyl sites for hydroxylation is 2. The number of amides is 4. The molecule has 2 aliphatic rings. The molecular formula is C88H73Cl4F7N16O4. The Hall–Kier alpha value is -12.6. The number of carbonyl (C=O) groups excluding carboxylic acids is 4. The van der Waals surface area contributed by atoms with Gasteiger partial charge in [-0.15, -0.1) is 0 Å². The van der Waals surface area contributed by atoms with Gasteiger partial charge in [-0.3, -0.25) is 39.1 Å². The SMILES string of the molecule is C[C@@H]1CN(c2ccc(C(=O)Nc3ccc(Cl)c(-c4ccccn4)c3)cn2)CCN1.C[C@H]1CN(c2ccc(C(=O)Nc3ccc(Cl)c(-c4ccccn4)c3)cn2)CCN1.Cc1nc(C(F)(F)F)ccc1C(=O)Nc1ccc(Cl)c(-c2ccc(-c3ccccc3)cn2)c1.Cc1nc(C(F)(F)F)ccc1C(=O)Nc1ccc(Cl)c(-c2ccc(F)cn2)c1. The number of hydrogen-bond donors (Lipinski definition) is 6. The van der Waals surface area contributed by atoms with Crippen molar-refractivity contribution in [3.8, 4) is 56.2 Å². The number of aromatic nitrogens is 8. The normalized spacial score (nSPS) is 13.8. The van der Waals surface area contributed by atoms with Crippen LogP contribution in [0.5, 0.6) is 0 Å². The number of piperazine rings is 2. The summed E-state index contributed by atoms with van der Waals surface area (Å²) in [7, 11) is 0. The van der Waals surface area contributed by atoms with Crippen LogP contribution in [-0.2, 0) is 12.4 Å². The molecule has 4 amide bonds. The van der Waals surface area contributed by atoms with Gasteiger partial charge in [0.2, 0.25) is 0 Å². The van der Waals surface area contributed by atoms with Gasteiger partial charge in [0.1, 0.15) is 28.8 Å². The number of halogens is 11. The van der Waals surface area contributed by atoms with Crippen molar-refractivity contribution in [2.24, 2.45) is 0 Å². The summed E-state index contributed by atoms with van der Waals surface area (Å²) in [5.74, 6) is -0.361. The van der Waals surface area contributed by atoms with Gasteiger partial charge in [-0.1, -0.05) is 94.9 Å². The van der Waals surface area contributed by atoms with E-state index in [9.17, 15) is 49.9 Å². The number of nitrogens with zero attached hydrogens (tertiary/aromatic N) is 10. The summed E-state index contributed by atoms with van der Waals surface area (Å²) >= 11 is 25.1. The highest BCUT2D eigenvalue weighted by Crippen LogP contribution is 2.37. The van der Waals surface area contributed by atoms with Crippen LogP contribution in [0.4, 0.5) is 65.1 Å². The van der Waals surface area contributed by atoms with Gasteiger partial charge < -0.3 is 41.7 Å². The molecule has 6 N–H and O–H groups in total. The van der Waals surface area contributed by atoms with Crippen molar-refractivity contribution in [3.05, 3.63) is 320 Å². The molecule has 0 radical (unpaired) electrons. The van der Waals surface area contributed by atoms with E-state index in [1.165, 1.54) is 44.2 Å². The van der Waals surface area contributed by atoms with E-state index >= 15 is 0 Å². The highest BCUT2D eigenvalue weighted by atomic mass is 35.5. The molecule has 31 heteroatoms. The van der Waals surface area contributed by atoms with E-state index in [1.807, 2.05) is 103 Å². The zero-order valence-corrected chi connectivity index (χ0v) is 66.9. The molecule has 2 saturated heterocycles. The molecule has 8 aromatic heterocycles. The summed E-state index contributed by atoms with van der Waals surface area (Å²) in [6.07, 6.45) is 0.269. The molecule has 119 heavy (non-hydrogen) atoms. The number of rotatable bonds is 15. The maximum atomic E-state index is 13.1. The molecule has 2 fully saturated rings. The molecule has 15 rings (SSSR count). The van der Waals surface area contributed by atoms with Crippen molar-refractivity contribution in [2.45, 2.75) is 52.1 Å². The Morgan fingerprint density at radius 3 is 1.10 bits per heavy atom. The van der Waals surface area contributed by atoms with Gasteiger partial charge in [0.15, 0.2) is 0 Å². The average Bonchev–Trinajstić information content (AvgIpc) is 0.822. The Morgan fingerprint density at radius 1 is 0.395 bits per heavy atom. The van der Waals surface area contributed by atoms with Crippen molar-refractivity contribution >= 4 is 104 Å². The molecule has 2 atom stereocenters. The monoisotopic (exact) mass is 1690 g/mol. The molecule has 20 nitrogen and oxygen atoms in total. The lowest BCUT2D eigenvalue weighted by Gasteiger charge is -2.32. The van der Waals surface area contributed by atoms with Gasteiger partial charge in [0.25, 0.3) is 23.6 Å². The Morgan fingerprint density at radius 2 is 0.773 bits per heavy atom. The minimum Gasteiger partial charge on any atom is -0.354 e. The van der Waals surface area contributed by atoms with Gasteiger partial charge in [0, 0.05) is 133 Å². The number of anilines is 6. The summed E-state index contributed by atoms with van der Waals surface area (Å²) in [6, 6.07) is 59.6. The highest BCUT2D eigenvalue weighted by molar-refractivity contribution is 6.35. The zero-order chi connectivity index (χ0) is 84.5. The van der Waals surface area contributed by atoms with Crippen molar-refractivity contribution in [1.82, 2.24) is 50.5 Å². The summed E-state index contributed by atoms with van der Waals surface area (Å²) in [5, 5.41) is 19.9. The fraction of sp³-hybridized carbons (Fsp3) is 0.159. The van der Waals surface area contributed by atoms with Gasteiger partial charge in [-0.2, -0.15) is 26.3 Å². The lowest BCUT2D eigenvalue weighted by Crippen LogP contribution is -2.49. The van der Waals surface area contributed by atoms with Gasteiger partial charge >= 0.3 is 12.4 Å². The first kappa shape index (κ1) is 85.7. The van der Waals surface area contributed by atoms with Gasteiger partial charge in [-0.25, -0.2) is 24.3 Å². The summed E-state index contributed by atoms with van der Waals surface area (Å²) in [5.41, 5.74) is 8.05. The molecule has 0 saturated carbocycles. The van der Waals surface area contributed by atoms with E-state index in [0.717, 1.165) is 115 Å². The van der Waals surface area contributed by atoms with Crippen molar-refractivity contribution in [1.29, 1.82) is 0 Å². The Bertz CT molecular complexity index is 5580. The molecule has 10 heterocycles. The lowest BCUT2D eigenvalue weighted by molar-refractivity contribution is -0.142. The molecule has 2 aliphatic heterocycles. The standard InChI is InChI=1S/C25H17ClF3N3O.2C22H22ClN5O.C19H12ClF4N3O/c1-15-19(9-12-23(31-15)25(27,28)29)24(33)32-18-8-10-21(26)20(13-18)22-11-7-17(14-30-22)16-5-3-2-4-6-16;2*1-15-14-28(11-10-24-15)21-8-5-16(13-26-21)22(29)27-17-6-7-19(23)18(12-17)20-4-2-3-9-25-20;1-10-13(4-7-17(26-10)19(22,23)24)18(28)27-12-3-5-15(20)14(8-12)16-6-2-11(21)9-25-16/h2-14H,1H3,(H,32,33);2*2-9,12-13,15,24H,10-11,14H2,1H3,(H,27,29);2-9H,1H3,(H,27,28)/t;2*15-;/m.10./s1. The summed E-state index contributed by atoms with van der Waals surface area (Å²) in [6.45, 7) is 12.5. The third-order valence-electron chi connectivity index (χ3n) is 18.6. The maximum absolute atomic E-state index is 13.1. The van der Waals surface area contributed by atoms with E-state index < -0.39 is 41.4 Å². The molecule has 0 aliphatic carbocycles. The van der Waals surface area contributed by atoms with Crippen LogP contribution >= 0.6 is 46.4 Å². The van der Waals surface area contributed by atoms with E-state index in [0.29, 0.717) is 88.6 Å². The average molecular weight is 1690 g/mol. The number of alkyl halides is 6. The fourth-order valence-corrected chi connectivity index (χ4v) is 13.4. The molecule has 606 valence electrons. The third kappa shape index (κ3) is 23.0. The number of carbonyl (C=O) groups is 4. The molecule has 0 spiro atoms. The first-order valence-corrected chi connectivity index (χ1v) is 38.5. The van der Waals surface area contributed by atoms with Gasteiger partial charge in [0.05, 0.1) is 82.7 Å². The van der Waals surface area contributed by atoms with Crippen LogP contribution in [0.1, 0.15) is 78.1 Å². The minimum absolute atomic E-state index is 0.00408. The van der Waals surface area contributed by atoms with Crippen molar-refractivity contribution in [2.75, 3.05) is 70.3 Å². The molecule has 13 aromatic rings. The largest absolute Gasteiger partial charge is 0.433 e. The van der Waals surface area contributed by atoms with Crippen LogP contribution in [0, 0.1) is 19.7 Å². The third-order valence-corrected chi connectivity index (χ3v) is 19.9. The number of nitrogens with one attached hydrogen (secondary N) is 6. The van der Waals surface area contributed by atoms with Crippen LogP contribution in [-0.4, -0.2) is 115 Å². The van der Waals surface area contributed by atoms with Crippen LogP contribution in [0.3, 0.4) is 0 Å². The van der Waals surface area contributed by atoms with Gasteiger partial charge in [-0.05, 0) is 197 Å². The number of pyridine rings is 8. The second kappa shape index (κ2) is 39.1. The molecule has 0 unspecified atom stereocenters. The molecule has 0 bridgehead atoms. The number of benzene rings is 5. The topological polar surface area (TPSA) is 250 Å². The van der Waals surface area contributed by atoms with E-state index in [4.69, 9.17) is 46.4 Å². The quantitative estimate of drug-likeness (QED) is 0.0522. The molecule has 5 aromatic carbocycles. The van der Waals surface area contributed by atoms with Crippen molar-refractivity contribution in [3.63, 3.8) is 0 Å². The Labute approximate surface area is 699 Å². The second-order valence-corrected chi connectivity index (χ2v) is 28.9. The predicted octanol–water partition coefficient (Wildman–Crippen LogP) is 20.3. The molecular weight excluding hydrogens is 1620 g/mol.